The van der Waals surface area contributed by atoms with Gasteiger partial charge in [-0.25, -0.2) is 13.1 Å². The third kappa shape index (κ3) is 4.07. The lowest BCUT2D eigenvalue weighted by Crippen LogP contribution is -2.24. The van der Waals surface area contributed by atoms with E-state index in [-0.39, 0.29) is 17.3 Å². The molecule has 0 saturated heterocycles. The predicted molar refractivity (Wildman–Crippen MR) is 94.7 cm³/mol. The molecule has 1 N–H and O–H groups in total. The Kier molecular flexibility index (Phi) is 4.89. The predicted octanol–water partition coefficient (Wildman–Crippen LogP) is 3.49. The second-order valence-electron chi connectivity index (χ2n) is 5.61. The van der Waals surface area contributed by atoms with Crippen molar-refractivity contribution in [3.63, 3.8) is 0 Å². The Labute approximate surface area is 150 Å². The molecule has 0 atom stereocenters. The van der Waals surface area contributed by atoms with Gasteiger partial charge in [-0.05, 0) is 49.7 Å². The first-order chi connectivity index (χ1) is 11.8. The summed E-state index contributed by atoms with van der Waals surface area (Å²) in [4.78, 5) is 4.43. The molecular weight excluding hydrogens is 362 g/mol. The molecule has 8 heteroatoms. The van der Waals surface area contributed by atoms with Gasteiger partial charge in [0, 0.05) is 10.6 Å². The van der Waals surface area contributed by atoms with Gasteiger partial charge in [-0.1, -0.05) is 34.5 Å². The van der Waals surface area contributed by atoms with Gasteiger partial charge in [0.25, 0.3) is 0 Å². The minimum Gasteiger partial charge on any atom is -0.338 e. The summed E-state index contributed by atoms with van der Waals surface area (Å²) < 4.78 is 32.5. The number of aryl methyl sites for hydroxylation is 2. The molecule has 0 fully saturated rings. The third-order valence-corrected chi connectivity index (χ3v) is 5.42. The molecule has 0 amide bonds. The first-order valence-corrected chi connectivity index (χ1v) is 9.37. The van der Waals surface area contributed by atoms with E-state index in [4.69, 9.17) is 16.1 Å². The van der Waals surface area contributed by atoms with Crippen molar-refractivity contribution < 1.29 is 12.9 Å². The van der Waals surface area contributed by atoms with Crippen LogP contribution in [0, 0.1) is 13.8 Å². The lowest BCUT2D eigenvalue weighted by atomic mass is 10.2. The van der Waals surface area contributed by atoms with Crippen molar-refractivity contribution in [2.45, 2.75) is 25.3 Å². The van der Waals surface area contributed by atoms with Crippen LogP contribution < -0.4 is 4.72 Å². The Balaban J connectivity index is 1.74. The van der Waals surface area contributed by atoms with Gasteiger partial charge in [-0.15, -0.1) is 0 Å². The average Bonchev–Trinajstić information content (AvgIpc) is 3.02. The Morgan fingerprint density at radius 3 is 2.52 bits per heavy atom. The zero-order valence-electron chi connectivity index (χ0n) is 13.7. The van der Waals surface area contributed by atoms with Crippen molar-refractivity contribution in [3.05, 3.63) is 64.5 Å². The number of rotatable bonds is 5. The van der Waals surface area contributed by atoms with E-state index in [0.717, 1.165) is 11.1 Å². The summed E-state index contributed by atoms with van der Waals surface area (Å²) in [7, 11) is -3.66. The van der Waals surface area contributed by atoms with Gasteiger partial charge < -0.3 is 4.52 Å². The summed E-state index contributed by atoms with van der Waals surface area (Å²) in [5.74, 6) is 0.552. The van der Waals surface area contributed by atoms with Crippen molar-refractivity contribution in [2.24, 2.45) is 0 Å². The normalized spacial score (nSPS) is 11.6. The van der Waals surface area contributed by atoms with Crippen LogP contribution in [-0.4, -0.2) is 18.6 Å². The van der Waals surface area contributed by atoms with Crippen molar-refractivity contribution >= 4 is 21.6 Å². The van der Waals surface area contributed by atoms with E-state index in [1.165, 1.54) is 0 Å². The quantitative estimate of drug-likeness (QED) is 0.735. The Bertz CT molecular complexity index is 998. The molecule has 1 aromatic heterocycles. The summed E-state index contributed by atoms with van der Waals surface area (Å²) in [5.41, 5.74) is 2.41. The topological polar surface area (TPSA) is 85.1 Å². The minimum atomic E-state index is -3.66. The number of nitrogens with zero attached hydrogens (tertiary/aromatic N) is 2. The summed E-state index contributed by atoms with van der Waals surface area (Å²) in [6.45, 7) is 3.58. The number of hydrogen-bond acceptors (Lipinski definition) is 5. The molecular formula is C17H16ClN3O3S. The fourth-order valence-electron chi connectivity index (χ4n) is 2.38. The lowest BCUT2D eigenvalue weighted by Gasteiger charge is -2.08. The number of halogens is 1. The number of benzene rings is 2. The molecule has 0 bridgehead atoms. The van der Waals surface area contributed by atoms with Crippen LogP contribution in [0.2, 0.25) is 5.02 Å². The molecule has 6 nitrogen and oxygen atoms in total. The van der Waals surface area contributed by atoms with E-state index in [9.17, 15) is 8.42 Å². The standard InChI is InChI=1S/C17H16ClN3O3S/c1-11-3-8-15(12(2)9-11)25(22,23)19-10-16-20-17(21-24-16)13-4-6-14(18)7-5-13/h3-9,19H,10H2,1-2H3. The first kappa shape index (κ1) is 17.6. The van der Waals surface area contributed by atoms with Crippen LogP contribution in [0.15, 0.2) is 51.9 Å². The number of sulfonamides is 1. The Morgan fingerprint density at radius 1 is 1.12 bits per heavy atom. The second kappa shape index (κ2) is 6.95. The molecule has 0 unspecified atom stereocenters. The van der Waals surface area contributed by atoms with Crippen molar-refractivity contribution in [1.82, 2.24) is 14.9 Å². The van der Waals surface area contributed by atoms with E-state index in [1.807, 2.05) is 13.0 Å². The van der Waals surface area contributed by atoms with E-state index in [2.05, 4.69) is 14.9 Å². The van der Waals surface area contributed by atoms with E-state index < -0.39 is 10.0 Å². The molecule has 2 aromatic carbocycles. The Hall–Kier alpha value is -2.22. The zero-order valence-corrected chi connectivity index (χ0v) is 15.2. The minimum absolute atomic E-state index is 0.0871. The number of nitrogens with one attached hydrogen (secondary N) is 1. The SMILES string of the molecule is Cc1ccc(S(=O)(=O)NCc2nc(-c3ccc(Cl)cc3)no2)c(C)c1. The summed E-state index contributed by atoms with van der Waals surface area (Å²) >= 11 is 5.84. The highest BCUT2D eigenvalue weighted by atomic mass is 35.5. The van der Waals surface area contributed by atoms with Gasteiger partial charge in [0.15, 0.2) is 0 Å². The van der Waals surface area contributed by atoms with Crippen molar-refractivity contribution in [3.8, 4) is 11.4 Å². The van der Waals surface area contributed by atoms with Crippen LogP contribution in [0.25, 0.3) is 11.4 Å². The first-order valence-electron chi connectivity index (χ1n) is 7.50. The molecule has 130 valence electrons. The molecule has 0 saturated carbocycles. The van der Waals surface area contributed by atoms with Gasteiger partial charge >= 0.3 is 0 Å². The van der Waals surface area contributed by atoms with Gasteiger partial charge in [-0.2, -0.15) is 4.98 Å². The van der Waals surface area contributed by atoms with Crippen molar-refractivity contribution in [1.29, 1.82) is 0 Å². The molecule has 1 heterocycles. The fraction of sp³-hybridized carbons (Fsp3) is 0.176. The van der Waals surface area contributed by atoms with Crippen LogP contribution in [0.3, 0.4) is 0 Å². The highest BCUT2D eigenvalue weighted by Crippen LogP contribution is 2.19. The van der Waals surface area contributed by atoms with Crippen LogP contribution >= 0.6 is 11.6 Å². The van der Waals surface area contributed by atoms with Gasteiger partial charge in [-0.3, -0.25) is 0 Å². The zero-order chi connectivity index (χ0) is 18.0. The van der Waals surface area contributed by atoms with Gasteiger partial charge in [0.1, 0.15) is 0 Å². The summed E-state index contributed by atoms with van der Waals surface area (Å²) in [5, 5.41) is 4.46. The van der Waals surface area contributed by atoms with Gasteiger partial charge in [0.2, 0.25) is 21.7 Å². The van der Waals surface area contributed by atoms with E-state index in [0.29, 0.717) is 16.4 Å². The maximum absolute atomic E-state index is 12.4. The monoisotopic (exact) mass is 377 g/mol. The van der Waals surface area contributed by atoms with E-state index in [1.54, 1.807) is 43.3 Å². The maximum Gasteiger partial charge on any atom is 0.242 e. The highest BCUT2D eigenvalue weighted by Gasteiger charge is 2.18. The molecule has 0 spiro atoms. The van der Waals surface area contributed by atoms with Crippen molar-refractivity contribution in [2.75, 3.05) is 0 Å². The largest absolute Gasteiger partial charge is 0.338 e. The smallest absolute Gasteiger partial charge is 0.242 e. The number of hydrogen-bond donors (Lipinski definition) is 1. The van der Waals surface area contributed by atoms with Crippen LogP contribution in [0.1, 0.15) is 17.0 Å². The molecule has 25 heavy (non-hydrogen) atoms. The van der Waals surface area contributed by atoms with E-state index >= 15 is 0 Å². The van der Waals surface area contributed by atoms with Crippen LogP contribution in [-0.2, 0) is 16.6 Å². The molecule has 0 aliphatic carbocycles. The third-order valence-electron chi connectivity index (χ3n) is 3.60. The van der Waals surface area contributed by atoms with Crippen LogP contribution in [0.5, 0.6) is 0 Å². The summed E-state index contributed by atoms with van der Waals surface area (Å²) in [6.07, 6.45) is 0. The summed E-state index contributed by atoms with van der Waals surface area (Å²) in [6, 6.07) is 12.1. The molecule has 0 aliphatic rings. The number of aromatic nitrogens is 2. The molecule has 0 aliphatic heterocycles. The maximum atomic E-state index is 12.4. The fourth-order valence-corrected chi connectivity index (χ4v) is 3.70. The Morgan fingerprint density at radius 2 is 1.84 bits per heavy atom. The highest BCUT2D eigenvalue weighted by molar-refractivity contribution is 7.89. The molecule has 3 rings (SSSR count). The average molecular weight is 378 g/mol. The lowest BCUT2D eigenvalue weighted by molar-refractivity contribution is 0.376. The molecule has 3 aromatic rings. The second-order valence-corrected chi connectivity index (χ2v) is 7.78. The van der Waals surface area contributed by atoms with Crippen LogP contribution in [0.4, 0.5) is 0 Å². The van der Waals surface area contributed by atoms with Gasteiger partial charge in [0.05, 0.1) is 11.4 Å². The molecule has 0 radical (unpaired) electrons.